The summed E-state index contributed by atoms with van der Waals surface area (Å²) < 4.78 is 0. The molecule has 0 fully saturated rings. The highest BCUT2D eigenvalue weighted by atomic mass is 16.3. The molecule has 0 aliphatic carbocycles. The molecule has 12 heavy (non-hydrogen) atoms. The van der Waals surface area contributed by atoms with Crippen molar-refractivity contribution >= 4 is 0 Å². The zero-order valence-corrected chi connectivity index (χ0v) is 7.20. The van der Waals surface area contributed by atoms with Crippen LogP contribution in [0.2, 0.25) is 0 Å². The number of aryl methyl sites for hydroxylation is 1. The fraction of sp³-hybridized carbons (Fsp3) is 0.300. The molecule has 0 radical (unpaired) electrons. The van der Waals surface area contributed by atoms with E-state index in [2.05, 4.69) is 16.8 Å². The summed E-state index contributed by atoms with van der Waals surface area (Å²) in [6, 6.07) is 3.69. The number of aromatic nitrogens is 1. The monoisotopic (exact) mass is 161 g/mol. The molecule has 0 aliphatic heterocycles. The quantitative estimate of drug-likeness (QED) is 0.632. The molecule has 62 valence electrons. The lowest BCUT2D eigenvalue weighted by Crippen LogP contribution is -1.94. The largest absolute Gasteiger partial charge is 0.376 e. The standard InChI is InChI=1S/C10H11NO/c1-3-4-10(12)9-6-5-8(2)11-7-9/h5-7,10,12H,1-2H3. The Bertz CT molecular complexity index is 305. The van der Waals surface area contributed by atoms with E-state index >= 15 is 0 Å². The van der Waals surface area contributed by atoms with Crippen LogP contribution in [-0.4, -0.2) is 10.1 Å². The summed E-state index contributed by atoms with van der Waals surface area (Å²) in [7, 11) is 0. The molecule has 0 bridgehead atoms. The summed E-state index contributed by atoms with van der Waals surface area (Å²) in [5.41, 5.74) is 1.69. The van der Waals surface area contributed by atoms with Gasteiger partial charge in [0.1, 0.15) is 6.10 Å². The van der Waals surface area contributed by atoms with Crippen molar-refractivity contribution in [2.75, 3.05) is 0 Å². The van der Waals surface area contributed by atoms with Crippen LogP contribution in [0.15, 0.2) is 18.3 Å². The first-order chi connectivity index (χ1) is 5.74. The normalized spacial score (nSPS) is 11.6. The van der Waals surface area contributed by atoms with Gasteiger partial charge in [-0.25, -0.2) is 0 Å². The second-order valence-corrected chi connectivity index (χ2v) is 2.53. The van der Waals surface area contributed by atoms with Crippen LogP contribution in [0, 0.1) is 18.8 Å². The number of nitrogens with zero attached hydrogens (tertiary/aromatic N) is 1. The molecular weight excluding hydrogens is 150 g/mol. The predicted octanol–water partition coefficient (Wildman–Crippen LogP) is 1.45. The molecule has 0 spiro atoms. The minimum Gasteiger partial charge on any atom is -0.376 e. The van der Waals surface area contributed by atoms with Gasteiger partial charge in [-0.15, -0.1) is 5.92 Å². The van der Waals surface area contributed by atoms with Gasteiger partial charge in [-0.1, -0.05) is 12.0 Å². The molecule has 2 nitrogen and oxygen atoms in total. The maximum atomic E-state index is 9.40. The Kier molecular flexibility index (Phi) is 2.84. The van der Waals surface area contributed by atoms with Crippen molar-refractivity contribution in [1.29, 1.82) is 0 Å². The third-order valence-corrected chi connectivity index (χ3v) is 1.53. The minimum atomic E-state index is -0.705. The van der Waals surface area contributed by atoms with Crippen LogP contribution in [0.3, 0.4) is 0 Å². The summed E-state index contributed by atoms with van der Waals surface area (Å²) in [5.74, 6) is 5.30. The molecule has 1 aromatic heterocycles. The molecule has 1 atom stereocenters. The molecule has 1 heterocycles. The van der Waals surface area contributed by atoms with Crippen molar-refractivity contribution in [2.45, 2.75) is 20.0 Å². The second kappa shape index (κ2) is 3.89. The maximum absolute atomic E-state index is 9.40. The van der Waals surface area contributed by atoms with Crippen LogP contribution >= 0.6 is 0 Å². The Morgan fingerprint density at radius 1 is 1.50 bits per heavy atom. The molecule has 0 aliphatic rings. The van der Waals surface area contributed by atoms with Crippen LogP contribution in [0.5, 0.6) is 0 Å². The van der Waals surface area contributed by atoms with E-state index < -0.39 is 6.10 Å². The SMILES string of the molecule is CC#CC(O)c1ccc(C)nc1. The second-order valence-electron chi connectivity index (χ2n) is 2.53. The number of hydrogen-bond donors (Lipinski definition) is 1. The molecule has 1 rings (SSSR count). The number of aliphatic hydroxyl groups excluding tert-OH is 1. The van der Waals surface area contributed by atoms with E-state index in [-0.39, 0.29) is 0 Å². The van der Waals surface area contributed by atoms with Crippen molar-refractivity contribution in [2.24, 2.45) is 0 Å². The molecular formula is C10H11NO. The van der Waals surface area contributed by atoms with Crippen LogP contribution in [0.25, 0.3) is 0 Å². The first-order valence-electron chi connectivity index (χ1n) is 3.77. The van der Waals surface area contributed by atoms with Gasteiger partial charge in [-0.3, -0.25) is 4.98 Å². The van der Waals surface area contributed by atoms with Gasteiger partial charge >= 0.3 is 0 Å². The number of aliphatic hydroxyl groups is 1. The molecule has 2 heteroatoms. The van der Waals surface area contributed by atoms with Gasteiger partial charge in [0.05, 0.1) is 0 Å². The first-order valence-corrected chi connectivity index (χ1v) is 3.77. The van der Waals surface area contributed by atoms with Crippen LogP contribution in [0.4, 0.5) is 0 Å². The Hall–Kier alpha value is -1.33. The van der Waals surface area contributed by atoms with Crippen molar-refractivity contribution in [3.8, 4) is 11.8 Å². The van der Waals surface area contributed by atoms with Gasteiger partial charge in [0.15, 0.2) is 0 Å². The molecule has 0 saturated heterocycles. The van der Waals surface area contributed by atoms with Crippen molar-refractivity contribution in [3.05, 3.63) is 29.6 Å². The van der Waals surface area contributed by atoms with E-state index in [0.29, 0.717) is 0 Å². The summed E-state index contributed by atoms with van der Waals surface area (Å²) in [5, 5.41) is 9.40. The Labute approximate surface area is 72.3 Å². The third-order valence-electron chi connectivity index (χ3n) is 1.53. The zero-order valence-electron chi connectivity index (χ0n) is 7.20. The lowest BCUT2D eigenvalue weighted by Gasteiger charge is -2.02. The lowest BCUT2D eigenvalue weighted by atomic mass is 10.1. The van der Waals surface area contributed by atoms with E-state index in [1.165, 1.54) is 0 Å². The van der Waals surface area contributed by atoms with Gasteiger partial charge in [0.2, 0.25) is 0 Å². The van der Waals surface area contributed by atoms with E-state index in [0.717, 1.165) is 11.3 Å². The van der Waals surface area contributed by atoms with Crippen molar-refractivity contribution in [3.63, 3.8) is 0 Å². The minimum absolute atomic E-state index is 0.705. The first kappa shape index (κ1) is 8.76. The molecule has 1 N–H and O–H groups in total. The van der Waals surface area contributed by atoms with Crippen LogP contribution < -0.4 is 0 Å². The van der Waals surface area contributed by atoms with Gasteiger partial charge in [-0.05, 0) is 19.9 Å². The molecule has 1 unspecified atom stereocenters. The summed E-state index contributed by atoms with van der Waals surface area (Å²) in [4.78, 5) is 4.05. The smallest absolute Gasteiger partial charge is 0.141 e. The van der Waals surface area contributed by atoms with E-state index in [4.69, 9.17) is 0 Å². The van der Waals surface area contributed by atoms with Gasteiger partial charge in [-0.2, -0.15) is 0 Å². The highest BCUT2D eigenvalue weighted by molar-refractivity contribution is 5.22. The number of hydrogen-bond acceptors (Lipinski definition) is 2. The van der Waals surface area contributed by atoms with Crippen molar-refractivity contribution in [1.82, 2.24) is 4.98 Å². The zero-order chi connectivity index (χ0) is 8.97. The molecule has 1 aromatic rings. The van der Waals surface area contributed by atoms with Crippen molar-refractivity contribution < 1.29 is 5.11 Å². The predicted molar refractivity (Wildman–Crippen MR) is 47.4 cm³/mol. The van der Waals surface area contributed by atoms with Gasteiger partial charge in [0.25, 0.3) is 0 Å². The Morgan fingerprint density at radius 2 is 2.25 bits per heavy atom. The van der Waals surface area contributed by atoms with E-state index in [9.17, 15) is 5.11 Å². The highest BCUT2D eigenvalue weighted by Gasteiger charge is 2.01. The average molecular weight is 161 g/mol. The average Bonchev–Trinajstić information content (AvgIpc) is 2.06. The lowest BCUT2D eigenvalue weighted by molar-refractivity contribution is 0.238. The van der Waals surface area contributed by atoms with Gasteiger partial charge in [0, 0.05) is 17.5 Å². The molecule has 0 amide bonds. The maximum Gasteiger partial charge on any atom is 0.141 e. The third kappa shape index (κ3) is 2.08. The highest BCUT2D eigenvalue weighted by Crippen LogP contribution is 2.09. The number of rotatable bonds is 1. The van der Waals surface area contributed by atoms with Gasteiger partial charge < -0.3 is 5.11 Å². The fourth-order valence-electron chi connectivity index (χ4n) is 0.861. The Morgan fingerprint density at radius 3 is 2.75 bits per heavy atom. The van der Waals surface area contributed by atoms with E-state index in [1.807, 2.05) is 19.1 Å². The summed E-state index contributed by atoms with van der Waals surface area (Å²) >= 11 is 0. The van der Waals surface area contributed by atoms with Crippen LogP contribution in [0.1, 0.15) is 24.3 Å². The fourth-order valence-corrected chi connectivity index (χ4v) is 0.861. The summed E-state index contributed by atoms with van der Waals surface area (Å²) in [6.45, 7) is 3.60. The molecule has 0 saturated carbocycles. The number of pyridine rings is 1. The topological polar surface area (TPSA) is 33.1 Å². The molecule has 0 aromatic carbocycles. The Balaban J connectivity index is 2.87. The van der Waals surface area contributed by atoms with Crippen LogP contribution in [-0.2, 0) is 0 Å². The van der Waals surface area contributed by atoms with E-state index in [1.54, 1.807) is 13.1 Å². The summed E-state index contributed by atoms with van der Waals surface area (Å²) in [6.07, 6.45) is 0.938.